The van der Waals surface area contributed by atoms with Crippen molar-refractivity contribution in [2.75, 3.05) is 13.1 Å². The third kappa shape index (κ3) is 4.64. The summed E-state index contributed by atoms with van der Waals surface area (Å²) in [6.45, 7) is 1.14. The molecule has 0 unspecified atom stereocenters. The van der Waals surface area contributed by atoms with Crippen LogP contribution in [0.2, 0.25) is 0 Å². The van der Waals surface area contributed by atoms with Gasteiger partial charge in [0.05, 0.1) is 0 Å². The van der Waals surface area contributed by atoms with Gasteiger partial charge in [-0.1, -0.05) is 30.3 Å². The molecular weight excluding hydrogens is 416 g/mol. The van der Waals surface area contributed by atoms with Crippen LogP contribution in [0.25, 0.3) is 0 Å². The summed E-state index contributed by atoms with van der Waals surface area (Å²) in [7, 11) is 0. The molecule has 2 aromatic carbocycles. The number of benzene rings is 2. The molecule has 2 atom stereocenters. The van der Waals surface area contributed by atoms with Crippen LogP contribution >= 0.6 is 0 Å². The monoisotopic (exact) mass is 441 g/mol. The van der Waals surface area contributed by atoms with Crippen molar-refractivity contribution < 1.29 is 23.2 Å². The zero-order chi connectivity index (χ0) is 22.7. The van der Waals surface area contributed by atoms with E-state index in [1.807, 2.05) is 30.3 Å². The lowest BCUT2D eigenvalue weighted by molar-refractivity contribution is -0.141. The molecule has 2 saturated heterocycles. The number of nitrogens with one attached hydrogen (secondary N) is 1. The van der Waals surface area contributed by atoms with Crippen LogP contribution in [0, 0.1) is 11.6 Å². The van der Waals surface area contributed by atoms with E-state index >= 15 is 0 Å². The van der Waals surface area contributed by atoms with E-state index in [9.17, 15) is 23.2 Å². The number of amides is 3. The first kappa shape index (κ1) is 21.9. The Bertz CT molecular complexity index is 995. The average molecular weight is 441 g/mol. The molecule has 0 spiro atoms. The van der Waals surface area contributed by atoms with Crippen LogP contribution in [0.4, 0.5) is 8.78 Å². The number of hydrogen-bond acceptors (Lipinski definition) is 3. The van der Waals surface area contributed by atoms with Crippen molar-refractivity contribution >= 4 is 17.7 Å². The molecule has 2 heterocycles. The summed E-state index contributed by atoms with van der Waals surface area (Å²) in [5, 5.41) is 2.89. The zero-order valence-electron chi connectivity index (χ0n) is 17.6. The quantitative estimate of drug-likeness (QED) is 0.776. The summed E-state index contributed by atoms with van der Waals surface area (Å²) in [5.41, 5.74) is 0.840. The van der Waals surface area contributed by atoms with Crippen LogP contribution < -0.4 is 5.32 Å². The van der Waals surface area contributed by atoms with Crippen LogP contribution in [0.1, 0.15) is 41.6 Å². The molecule has 2 aliphatic heterocycles. The first-order valence-corrected chi connectivity index (χ1v) is 10.8. The molecule has 6 nitrogen and oxygen atoms in total. The van der Waals surface area contributed by atoms with E-state index < -0.39 is 29.6 Å². The Kier molecular flexibility index (Phi) is 6.48. The Balaban J connectivity index is 1.44. The smallest absolute Gasteiger partial charge is 0.254 e. The maximum Gasteiger partial charge on any atom is 0.254 e. The normalized spacial score (nSPS) is 20.4. The molecule has 4 rings (SSSR count). The Labute approximate surface area is 185 Å². The van der Waals surface area contributed by atoms with Crippen molar-refractivity contribution in [3.63, 3.8) is 0 Å². The van der Waals surface area contributed by atoms with E-state index in [-0.39, 0.29) is 17.4 Å². The Morgan fingerprint density at radius 2 is 1.50 bits per heavy atom. The second kappa shape index (κ2) is 9.46. The van der Waals surface area contributed by atoms with Crippen molar-refractivity contribution in [3.05, 3.63) is 71.3 Å². The van der Waals surface area contributed by atoms with Crippen molar-refractivity contribution in [2.45, 2.75) is 44.3 Å². The molecular formula is C24H25F2N3O3. The van der Waals surface area contributed by atoms with E-state index in [2.05, 4.69) is 5.32 Å². The Hall–Kier alpha value is -3.29. The minimum absolute atomic E-state index is 0.124. The Morgan fingerprint density at radius 3 is 2.19 bits per heavy atom. The number of likely N-dealkylation sites (tertiary alicyclic amines) is 2. The molecule has 168 valence electrons. The van der Waals surface area contributed by atoms with E-state index in [4.69, 9.17) is 0 Å². The van der Waals surface area contributed by atoms with Gasteiger partial charge in [0.25, 0.3) is 5.91 Å². The lowest BCUT2D eigenvalue weighted by atomic mass is 10.1. The maximum absolute atomic E-state index is 13.6. The van der Waals surface area contributed by atoms with Crippen LogP contribution in [-0.4, -0.2) is 52.7 Å². The van der Waals surface area contributed by atoms with Gasteiger partial charge in [0.15, 0.2) is 0 Å². The van der Waals surface area contributed by atoms with Gasteiger partial charge in [0, 0.05) is 31.3 Å². The molecule has 0 aliphatic carbocycles. The molecule has 2 aromatic rings. The fourth-order valence-corrected chi connectivity index (χ4v) is 4.51. The fourth-order valence-electron chi connectivity index (χ4n) is 4.51. The summed E-state index contributed by atoms with van der Waals surface area (Å²) < 4.78 is 27.2. The standard InChI is InChI=1S/C24H25F2N3O3/c25-18-12-17(13-19(26)14-18)23(31)29-11-5-9-21(29)24(32)28-10-4-8-20(28)22(30)27-15-16-6-2-1-3-7-16/h1-3,6-7,12-14,20-21H,4-5,8-11,15H2,(H,27,30)/t20-,21+/m0/s1. The van der Waals surface area contributed by atoms with E-state index in [1.165, 1.54) is 4.90 Å². The van der Waals surface area contributed by atoms with Crippen LogP contribution in [-0.2, 0) is 16.1 Å². The molecule has 0 radical (unpaired) electrons. The summed E-state index contributed by atoms with van der Waals surface area (Å²) >= 11 is 0. The van der Waals surface area contributed by atoms with Gasteiger partial charge in [-0.15, -0.1) is 0 Å². The lowest BCUT2D eigenvalue weighted by Crippen LogP contribution is -2.52. The van der Waals surface area contributed by atoms with E-state index in [1.54, 1.807) is 4.90 Å². The summed E-state index contributed by atoms with van der Waals surface area (Å²) in [4.78, 5) is 41.9. The number of nitrogens with zero attached hydrogens (tertiary/aromatic N) is 2. The molecule has 32 heavy (non-hydrogen) atoms. The number of carbonyl (C=O) groups excluding carboxylic acids is 3. The third-order valence-corrected chi connectivity index (χ3v) is 6.06. The molecule has 2 aliphatic rings. The first-order chi connectivity index (χ1) is 15.4. The molecule has 1 N–H and O–H groups in total. The topological polar surface area (TPSA) is 69.7 Å². The van der Waals surface area contributed by atoms with Gasteiger partial charge in [-0.25, -0.2) is 8.78 Å². The highest BCUT2D eigenvalue weighted by atomic mass is 19.1. The predicted octanol–water partition coefficient (Wildman–Crippen LogP) is 2.88. The van der Waals surface area contributed by atoms with Crippen LogP contribution in [0.3, 0.4) is 0 Å². The Morgan fingerprint density at radius 1 is 0.875 bits per heavy atom. The van der Waals surface area contributed by atoms with Crippen LogP contribution in [0.5, 0.6) is 0 Å². The van der Waals surface area contributed by atoms with Gasteiger partial charge < -0.3 is 15.1 Å². The maximum atomic E-state index is 13.6. The van der Waals surface area contributed by atoms with Gasteiger partial charge in [0.2, 0.25) is 11.8 Å². The summed E-state index contributed by atoms with van der Waals surface area (Å²) in [6, 6.07) is 10.8. The SMILES string of the molecule is O=C(NCc1ccccc1)[C@@H]1CCCN1C(=O)[C@H]1CCCN1C(=O)c1cc(F)cc(F)c1. The summed E-state index contributed by atoms with van der Waals surface area (Å²) in [6.07, 6.45) is 2.32. The van der Waals surface area contributed by atoms with Gasteiger partial charge in [-0.2, -0.15) is 0 Å². The fraction of sp³-hybridized carbons (Fsp3) is 0.375. The molecule has 0 saturated carbocycles. The van der Waals surface area contributed by atoms with Gasteiger partial charge in [-0.3, -0.25) is 14.4 Å². The highest BCUT2D eigenvalue weighted by Crippen LogP contribution is 2.26. The second-order valence-electron chi connectivity index (χ2n) is 8.21. The zero-order valence-corrected chi connectivity index (χ0v) is 17.6. The van der Waals surface area contributed by atoms with Gasteiger partial charge in [0.1, 0.15) is 23.7 Å². The summed E-state index contributed by atoms with van der Waals surface area (Å²) in [5.74, 6) is -2.77. The molecule has 3 amide bonds. The van der Waals surface area contributed by atoms with Crippen molar-refractivity contribution in [1.82, 2.24) is 15.1 Å². The van der Waals surface area contributed by atoms with E-state index in [0.29, 0.717) is 51.4 Å². The second-order valence-corrected chi connectivity index (χ2v) is 8.21. The first-order valence-electron chi connectivity index (χ1n) is 10.8. The average Bonchev–Trinajstić information content (AvgIpc) is 3.46. The minimum Gasteiger partial charge on any atom is -0.350 e. The molecule has 0 aromatic heterocycles. The third-order valence-electron chi connectivity index (χ3n) is 6.06. The number of hydrogen-bond donors (Lipinski definition) is 1. The van der Waals surface area contributed by atoms with Crippen molar-refractivity contribution in [1.29, 1.82) is 0 Å². The predicted molar refractivity (Wildman–Crippen MR) is 113 cm³/mol. The lowest BCUT2D eigenvalue weighted by Gasteiger charge is -2.31. The number of carbonyl (C=O) groups is 3. The minimum atomic E-state index is -0.842. The van der Waals surface area contributed by atoms with E-state index in [0.717, 1.165) is 17.7 Å². The van der Waals surface area contributed by atoms with Crippen molar-refractivity contribution in [2.24, 2.45) is 0 Å². The van der Waals surface area contributed by atoms with Gasteiger partial charge in [-0.05, 0) is 43.4 Å². The highest BCUT2D eigenvalue weighted by Gasteiger charge is 2.42. The van der Waals surface area contributed by atoms with Crippen LogP contribution in [0.15, 0.2) is 48.5 Å². The number of rotatable bonds is 5. The highest BCUT2D eigenvalue weighted by molar-refractivity contribution is 5.99. The number of halogens is 2. The van der Waals surface area contributed by atoms with Crippen molar-refractivity contribution in [3.8, 4) is 0 Å². The van der Waals surface area contributed by atoms with Gasteiger partial charge >= 0.3 is 0 Å². The largest absolute Gasteiger partial charge is 0.350 e. The molecule has 2 fully saturated rings. The molecule has 8 heteroatoms. The molecule has 0 bridgehead atoms.